The summed E-state index contributed by atoms with van der Waals surface area (Å²) in [6, 6.07) is 15.2. The molecule has 1 fully saturated rings. The fourth-order valence-corrected chi connectivity index (χ4v) is 3.36. The number of anilines is 1. The molecule has 3 heteroatoms. The van der Waals surface area contributed by atoms with E-state index in [1.807, 2.05) is 0 Å². The molecule has 0 spiro atoms. The number of benzene rings is 2. The molecule has 3 rings (SSSR count). The Labute approximate surface area is 139 Å². The second kappa shape index (κ2) is 7.05. The minimum atomic E-state index is 0.970. The topological polar surface area (TPSA) is 15.7 Å². The number of piperazine rings is 1. The van der Waals surface area contributed by atoms with E-state index in [1.165, 1.54) is 22.4 Å². The second-order valence-electron chi connectivity index (χ2n) is 6.35. The molecule has 1 saturated heterocycles. The van der Waals surface area contributed by atoms with E-state index >= 15 is 0 Å². The number of nitrogens with zero attached hydrogens (tertiary/aromatic N) is 2. The number of methoxy groups -OCH3 is 1. The van der Waals surface area contributed by atoms with Gasteiger partial charge >= 0.3 is 0 Å². The fourth-order valence-electron chi connectivity index (χ4n) is 3.36. The number of aryl methyl sites for hydroxylation is 2. The molecule has 3 nitrogen and oxygen atoms in total. The first-order valence-electron chi connectivity index (χ1n) is 8.34. The summed E-state index contributed by atoms with van der Waals surface area (Å²) in [6.07, 6.45) is 0. The van der Waals surface area contributed by atoms with Crippen LogP contribution in [0.4, 0.5) is 5.69 Å². The lowest BCUT2D eigenvalue weighted by Crippen LogP contribution is -2.46. The number of rotatable bonds is 4. The maximum absolute atomic E-state index is 5.34. The van der Waals surface area contributed by atoms with Gasteiger partial charge in [-0.2, -0.15) is 0 Å². The monoisotopic (exact) mass is 310 g/mol. The van der Waals surface area contributed by atoms with Crippen molar-refractivity contribution in [1.29, 1.82) is 0 Å². The molecule has 1 aliphatic rings. The molecule has 122 valence electrons. The van der Waals surface area contributed by atoms with Gasteiger partial charge in [0, 0.05) is 38.4 Å². The largest absolute Gasteiger partial charge is 0.496 e. The van der Waals surface area contributed by atoms with E-state index in [1.54, 1.807) is 7.11 Å². The van der Waals surface area contributed by atoms with E-state index < -0.39 is 0 Å². The molecule has 23 heavy (non-hydrogen) atoms. The molecule has 2 aromatic rings. The quantitative estimate of drug-likeness (QED) is 0.857. The molecule has 0 N–H and O–H groups in total. The van der Waals surface area contributed by atoms with E-state index in [2.05, 4.69) is 66.1 Å². The van der Waals surface area contributed by atoms with Crippen molar-refractivity contribution in [3.63, 3.8) is 0 Å². The summed E-state index contributed by atoms with van der Waals surface area (Å²) in [5.41, 5.74) is 5.33. The Bertz CT molecular complexity index is 660. The van der Waals surface area contributed by atoms with Gasteiger partial charge in [-0.1, -0.05) is 30.3 Å². The second-order valence-corrected chi connectivity index (χ2v) is 6.35. The zero-order chi connectivity index (χ0) is 16.2. The zero-order valence-corrected chi connectivity index (χ0v) is 14.4. The first kappa shape index (κ1) is 15.9. The predicted molar refractivity (Wildman–Crippen MR) is 96.4 cm³/mol. The van der Waals surface area contributed by atoms with Crippen molar-refractivity contribution in [3.8, 4) is 5.75 Å². The molecule has 1 aliphatic heterocycles. The van der Waals surface area contributed by atoms with Gasteiger partial charge < -0.3 is 9.64 Å². The lowest BCUT2D eigenvalue weighted by atomic mass is 10.1. The van der Waals surface area contributed by atoms with Crippen LogP contribution in [0, 0.1) is 13.8 Å². The molecular formula is C20H26N2O. The van der Waals surface area contributed by atoms with Gasteiger partial charge in [0.1, 0.15) is 5.75 Å². The van der Waals surface area contributed by atoms with Crippen LogP contribution >= 0.6 is 0 Å². The Morgan fingerprint density at radius 3 is 2.30 bits per heavy atom. The fraction of sp³-hybridized carbons (Fsp3) is 0.400. The zero-order valence-electron chi connectivity index (χ0n) is 14.4. The van der Waals surface area contributed by atoms with Gasteiger partial charge in [-0.05, 0) is 42.7 Å². The lowest BCUT2D eigenvalue weighted by Gasteiger charge is -2.36. The summed E-state index contributed by atoms with van der Waals surface area (Å²) < 4.78 is 5.34. The highest BCUT2D eigenvalue weighted by Crippen LogP contribution is 2.23. The third-order valence-corrected chi connectivity index (χ3v) is 4.69. The van der Waals surface area contributed by atoms with E-state index in [0.717, 1.165) is 38.5 Å². The Hall–Kier alpha value is -2.00. The predicted octanol–water partition coefficient (Wildman–Crippen LogP) is 3.63. The van der Waals surface area contributed by atoms with Crippen LogP contribution in [0.5, 0.6) is 5.75 Å². The standard InChI is InChI=1S/C20H26N2O/c1-16-6-4-5-7-19(16)22-12-10-21(11-13-22)15-18-8-9-20(23-3)17(2)14-18/h4-9,14H,10-13,15H2,1-3H3. The summed E-state index contributed by atoms with van der Waals surface area (Å²) in [4.78, 5) is 5.04. The Morgan fingerprint density at radius 1 is 0.913 bits per heavy atom. The Kier molecular flexibility index (Phi) is 4.87. The maximum atomic E-state index is 5.34. The highest BCUT2D eigenvalue weighted by atomic mass is 16.5. The molecule has 1 heterocycles. The molecule has 0 aromatic heterocycles. The van der Waals surface area contributed by atoms with Crippen LogP contribution in [0.1, 0.15) is 16.7 Å². The average Bonchev–Trinajstić information content (AvgIpc) is 2.56. The van der Waals surface area contributed by atoms with Crippen molar-refractivity contribution in [2.24, 2.45) is 0 Å². The van der Waals surface area contributed by atoms with Crippen molar-refractivity contribution < 1.29 is 4.74 Å². The van der Waals surface area contributed by atoms with Crippen LogP contribution in [-0.4, -0.2) is 38.2 Å². The summed E-state index contributed by atoms with van der Waals surface area (Å²) in [5, 5.41) is 0. The first-order valence-corrected chi connectivity index (χ1v) is 8.34. The molecule has 0 amide bonds. The highest BCUT2D eigenvalue weighted by Gasteiger charge is 2.18. The van der Waals surface area contributed by atoms with Gasteiger partial charge in [0.15, 0.2) is 0 Å². The van der Waals surface area contributed by atoms with Crippen molar-refractivity contribution >= 4 is 5.69 Å². The van der Waals surface area contributed by atoms with Gasteiger partial charge in [-0.25, -0.2) is 0 Å². The van der Waals surface area contributed by atoms with Crippen LogP contribution in [0.3, 0.4) is 0 Å². The third kappa shape index (κ3) is 3.67. The molecule has 0 atom stereocenters. The average molecular weight is 310 g/mol. The number of para-hydroxylation sites is 1. The summed E-state index contributed by atoms with van der Waals surface area (Å²) in [7, 11) is 1.73. The summed E-state index contributed by atoms with van der Waals surface area (Å²) in [5.74, 6) is 0.970. The lowest BCUT2D eigenvalue weighted by molar-refractivity contribution is 0.249. The molecular weight excluding hydrogens is 284 g/mol. The number of ether oxygens (including phenoxy) is 1. The molecule has 0 saturated carbocycles. The highest BCUT2D eigenvalue weighted by molar-refractivity contribution is 5.53. The van der Waals surface area contributed by atoms with Gasteiger partial charge in [0.05, 0.1) is 7.11 Å². The SMILES string of the molecule is COc1ccc(CN2CCN(c3ccccc3C)CC2)cc1C. The molecule has 0 unspecified atom stereocenters. The van der Waals surface area contributed by atoms with E-state index in [-0.39, 0.29) is 0 Å². The van der Waals surface area contributed by atoms with Crippen molar-refractivity contribution in [3.05, 3.63) is 59.2 Å². The minimum Gasteiger partial charge on any atom is -0.496 e. The minimum absolute atomic E-state index is 0.970. The van der Waals surface area contributed by atoms with E-state index in [4.69, 9.17) is 4.74 Å². The normalized spacial score (nSPS) is 15.7. The van der Waals surface area contributed by atoms with Crippen LogP contribution in [-0.2, 0) is 6.54 Å². The van der Waals surface area contributed by atoms with Crippen molar-refractivity contribution in [1.82, 2.24) is 4.90 Å². The van der Waals surface area contributed by atoms with Gasteiger partial charge in [0.2, 0.25) is 0 Å². The van der Waals surface area contributed by atoms with E-state index in [9.17, 15) is 0 Å². The maximum Gasteiger partial charge on any atom is 0.121 e. The van der Waals surface area contributed by atoms with Crippen LogP contribution in [0.2, 0.25) is 0 Å². The van der Waals surface area contributed by atoms with Crippen LogP contribution in [0.25, 0.3) is 0 Å². The summed E-state index contributed by atoms with van der Waals surface area (Å²) in [6.45, 7) is 9.74. The summed E-state index contributed by atoms with van der Waals surface area (Å²) >= 11 is 0. The smallest absolute Gasteiger partial charge is 0.121 e. The van der Waals surface area contributed by atoms with Gasteiger partial charge in [-0.3, -0.25) is 4.90 Å². The Morgan fingerprint density at radius 2 is 1.65 bits per heavy atom. The van der Waals surface area contributed by atoms with Crippen LogP contribution < -0.4 is 9.64 Å². The van der Waals surface area contributed by atoms with Gasteiger partial charge in [-0.15, -0.1) is 0 Å². The van der Waals surface area contributed by atoms with Crippen LogP contribution in [0.15, 0.2) is 42.5 Å². The Balaban J connectivity index is 1.59. The molecule has 0 bridgehead atoms. The number of hydrogen-bond acceptors (Lipinski definition) is 3. The molecule has 2 aromatic carbocycles. The van der Waals surface area contributed by atoms with Crippen molar-refractivity contribution in [2.45, 2.75) is 20.4 Å². The molecule has 0 radical (unpaired) electrons. The van der Waals surface area contributed by atoms with Crippen molar-refractivity contribution in [2.75, 3.05) is 38.2 Å². The first-order chi connectivity index (χ1) is 11.2. The van der Waals surface area contributed by atoms with Gasteiger partial charge in [0.25, 0.3) is 0 Å². The van der Waals surface area contributed by atoms with E-state index in [0.29, 0.717) is 0 Å². The molecule has 0 aliphatic carbocycles. The third-order valence-electron chi connectivity index (χ3n) is 4.69. The number of hydrogen-bond donors (Lipinski definition) is 0.